The van der Waals surface area contributed by atoms with Crippen LogP contribution in [0.2, 0.25) is 0 Å². The number of aromatic nitrogens is 1. The van der Waals surface area contributed by atoms with Crippen molar-refractivity contribution in [1.82, 2.24) is 4.98 Å². The fourth-order valence-corrected chi connectivity index (χ4v) is 5.11. The van der Waals surface area contributed by atoms with Gasteiger partial charge in [0.15, 0.2) is 0 Å². The third-order valence-electron chi connectivity index (χ3n) is 3.14. The number of benzene rings is 2. The van der Waals surface area contributed by atoms with Crippen molar-refractivity contribution in [2.45, 2.75) is 16.0 Å². The van der Waals surface area contributed by atoms with Crippen molar-refractivity contribution in [3.8, 4) is 5.75 Å². The minimum absolute atomic E-state index is 0.225. The zero-order valence-corrected chi connectivity index (χ0v) is 18.2. The van der Waals surface area contributed by atoms with Crippen molar-refractivity contribution in [3.63, 3.8) is 0 Å². The first-order chi connectivity index (χ1) is 13.2. The number of phenolic OH excluding ortho intramolecular Hbond substituents is 1. The van der Waals surface area contributed by atoms with Gasteiger partial charge < -0.3 is 5.73 Å². The third-order valence-corrected chi connectivity index (χ3v) is 7.16. The molecule has 0 aliphatic heterocycles. The molecule has 3 rings (SSSR count). The summed E-state index contributed by atoms with van der Waals surface area (Å²) in [6, 6.07) is 11.5. The normalized spacial score (nSPS) is 10.7. The number of rotatable bonds is 4. The van der Waals surface area contributed by atoms with E-state index in [1.54, 1.807) is 23.1 Å². The van der Waals surface area contributed by atoms with Gasteiger partial charge in [0.1, 0.15) is 0 Å². The van der Waals surface area contributed by atoms with Crippen LogP contribution in [0.1, 0.15) is 6.92 Å². The van der Waals surface area contributed by atoms with Crippen molar-refractivity contribution in [2.75, 3.05) is 11.1 Å². The van der Waals surface area contributed by atoms with Crippen LogP contribution >= 0.6 is 23.1 Å². The number of hydrogen-bond acceptors (Lipinski definition) is 7. The molecule has 2 aromatic carbocycles. The van der Waals surface area contributed by atoms with Crippen LogP contribution in [-0.2, 0) is 8.53 Å². The Bertz CT molecular complexity index is 975. The summed E-state index contributed by atoms with van der Waals surface area (Å²) in [7, 11) is 0. The van der Waals surface area contributed by atoms with Gasteiger partial charge in [0.2, 0.25) is 0 Å². The Hall–Kier alpha value is -2.23. The second kappa shape index (κ2) is 9.81. The van der Waals surface area contributed by atoms with E-state index in [1.807, 2.05) is 36.0 Å². The Morgan fingerprint density at radius 2 is 1.89 bits per heavy atom. The van der Waals surface area contributed by atoms with E-state index in [0.29, 0.717) is 0 Å². The maximum Gasteiger partial charge on any atom is 0.0845 e. The number of para-hydroxylation sites is 1. The minimum Gasteiger partial charge on any atom is -0.399 e. The fourth-order valence-electron chi connectivity index (χ4n) is 1.98. The fraction of sp³-hybridized carbons (Fsp3) is 0.0588. The number of thiazole rings is 1. The van der Waals surface area contributed by atoms with E-state index in [0.717, 1.165) is 5.69 Å². The van der Waals surface area contributed by atoms with Gasteiger partial charge in [-0.25, -0.2) is 0 Å². The molecule has 28 heavy (non-hydrogen) atoms. The first kappa shape index (κ1) is 22.1. The number of aromatic hydroxyl groups is 1. The topological polar surface area (TPSA) is 146 Å². The Morgan fingerprint density at radius 1 is 1.21 bits per heavy atom. The molecular formula is C17H18AsN3O5S2. The predicted octanol–water partition coefficient (Wildman–Crippen LogP) is 1.79. The summed E-state index contributed by atoms with van der Waals surface area (Å²) >= 11 is -1.80. The van der Waals surface area contributed by atoms with Crippen molar-refractivity contribution in [1.29, 1.82) is 0 Å². The molecule has 1 heterocycles. The van der Waals surface area contributed by atoms with Crippen LogP contribution in [0.15, 0.2) is 63.3 Å². The molecule has 0 aliphatic carbocycles. The molecule has 8 nitrogen and oxygen atoms in total. The maximum absolute atomic E-state index is 11.1. The molecule has 0 saturated heterocycles. The van der Waals surface area contributed by atoms with E-state index in [1.165, 1.54) is 34.2 Å². The number of carbonyl (C=O) groups excluding carboxylic acids is 1. The van der Waals surface area contributed by atoms with Crippen LogP contribution in [-0.4, -0.2) is 38.4 Å². The number of nitrogen functional groups attached to an aromatic ring is 1. The summed E-state index contributed by atoms with van der Waals surface area (Å²) in [4.78, 5) is 16.0. The molecule has 0 spiro atoms. The molecule has 0 saturated carbocycles. The second-order valence-electron chi connectivity index (χ2n) is 5.39. The molecule has 1 aromatic heterocycles. The van der Waals surface area contributed by atoms with Crippen molar-refractivity contribution >= 4 is 58.9 Å². The molecule has 11 heteroatoms. The maximum atomic E-state index is 11.1. The first-order valence-corrected chi connectivity index (χ1v) is 12.8. The first-order valence-electron chi connectivity index (χ1n) is 7.74. The molecule has 0 unspecified atom stereocenters. The molecule has 0 fully saturated rings. The van der Waals surface area contributed by atoms with Crippen LogP contribution in [0.4, 0.5) is 11.4 Å². The number of phenols is 1. The predicted molar refractivity (Wildman–Crippen MR) is 110 cm³/mol. The number of nitrogens with zero attached hydrogens (tertiary/aromatic N) is 1. The number of nitrogens with one attached hydrogen (secondary N) is 1. The number of hydrogen-bond donors (Lipinski definition) is 5. The Morgan fingerprint density at radius 3 is 2.43 bits per heavy atom. The van der Waals surface area contributed by atoms with Crippen LogP contribution in [0.5, 0.6) is 5.75 Å². The van der Waals surface area contributed by atoms with Crippen LogP contribution < -0.4 is 15.4 Å². The van der Waals surface area contributed by atoms with Gasteiger partial charge in [0.05, 0.1) is 15.9 Å². The average molecular weight is 483 g/mol. The summed E-state index contributed by atoms with van der Waals surface area (Å²) in [5.41, 5.74) is 7.99. The van der Waals surface area contributed by atoms with Gasteiger partial charge >= 0.3 is 88.1 Å². The summed E-state index contributed by atoms with van der Waals surface area (Å²) in [6.07, 6.45) is 1.87. The number of anilines is 2. The summed E-state index contributed by atoms with van der Waals surface area (Å²) in [5.74, 6) is -0.880. The van der Waals surface area contributed by atoms with Gasteiger partial charge in [-0.15, -0.1) is 11.3 Å². The van der Waals surface area contributed by atoms with Crippen LogP contribution in [0, 0.1) is 0 Å². The monoisotopic (exact) mass is 483 g/mol. The van der Waals surface area contributed by atoms with E-state index in [-0.39, 0.29) is 15.8 Å². The van der Waals surface area contributed by atoms with Gasteiger partial charge in [-0.05, 0) is 24.3 Å². The molecule has 1 amide bonds. The van der Waals surface area contributed by atoms with E-state index >= 15 is 0 Å². The van der Waals surface area contributed by atoms with Crippen LogP contribution in [0.25, 0.3) is 0 Å². The van der Waals surface area contributed by atoms with Gasteiger partial charge in [-0.2, -0.15) is 0 Å². The SMILES string of the molecule is CC(=O)Nc1c(O)cccc1[As](=O)(O)O.Nc1ccc(Sc2cncs2)cc1. The third kappa shape index (κ3) is 6.74. The van der Waals surface area contributed by atoms with E-state index in [9.17, 15) is 13.6 Å². The summed E-state index contributed by atoms with van der Waals surface area (Å²) < 4.78 is 30.0. The summed E-state index contributed by atoms with van der Waals surface area (Å²) in [5, 5.41) is 11.5. The smallest absolute Gasteiger partial charge is 0.0845 e. The zero-order chi connectivity index (χ0) is 20.7. The largest absolute Gasteiger partial charge is 0.399 e. The Balaban J connectivity index is 0.000000202. The molecule has 0 radical (unpaired) electrons. The second-order valence-corrected chi connectivity index (χ2v) is 10.9. The van der Waals surface area contributed by atoms with Gasteiger partial charge in [-0.1, -0.05) is 11.8 Å². The van der Waals surface area contributed by atoms with Gasteiger partial charge in [-0.3, -0.25) is 4.98 Å². The van der Waals surface area contributed by atoms with Crippen molar-refractivity contribution in [3.05, 3.63) is 54.2 Å². The minimum atomic E-state index is -5.14. The Kier molecular flexibility index (Phi) is 7.73. The van der Waals surface area contributed by atoms with Crippen LogP contribution in [0.3, 0.4) is 0 Å². The molecule has 0 aliphatic rings. The molecular weight excluding hydrogens is 465 g/mol. The molecule has 0 atom stereocenters. The number of amides is 1. The number of nitrogens with two attached hydrogens (primary N) is 1. The van der Waals surface area contributed by atoms with Gasteiger partial charge in [0.25, 0.3) is 0 Å². The average Bonchev–Trinajstić information content (AvgIpc) is 3.11. The quantitative estimate of drug-likeness (QED) is 0.215. The van der Waals surface area contributed by atoms with Crippen molar-refractivity contribution < 1.29 is 21.8 Å². The molecule has 148 valence electrons. The number of carbonyl (C=O) groups is 1. The van der Waals surface area contributed by atoms with E-state index < -0.39 is 20.1 Å². The van der Waals surface area contributed by atoms with E-state index in [4.69, 9.17) is 13.9 Å². The standard InChI is InChI=1S/C9H8N2S2.C8H10AsNO5/c10-7-1-3-8(4-2-7)13-9-5-11-6-12-9;1-5(11)10-8-6(9(13,14)15)3-2-4-7(8)12/h1-6H,10H2;2-4,12H,1H3,(H,10,11)(H2,13,14,15). The van der Waals surface area contributed by atoms with E-state index in [2.05, 4.69) is 10.3 Å². The summed E-state index contributed by atoms with van der Waals surface area (Å²) in [6.45, 7) is 1.18. The molecule has 3 aromatic rings. The molecule has 0 bridgehead atoms. The van der Waals surface area contributed by atoms with Gasteiger partial charge in [0, 0.05) is 10.6 Å². The van der Waals surface area contributed by atoms with Crippen molar-refractivity contribution in [2.24, 2.45) is 0 Å². The molecule has 6 N–H and O–H groups in total. The Labute approximate surface area is 172 Å². The zero-order valence-electron chi connectivity index (χ0n) is 14.6.